The summed E-state index contributed by atoms with van der Waals surface area (Å²) in [6.07, 6.45) is 0. The number of hydrogen-bond acceptors (Lipinski definition) is 4. The Balaban J connectivity index is 2.21. The van der Waals surface area contributed by atoms with Crippen molar-refractivity contribution in [2.24, 2.45) is 0 Å². The molecule has 4 aromatic carbocycles. The van der Waals surface area contributed by atoms with Gasteiger partial charge in [0.2, 0.25) is 0 Å². The van der Waals surface area contributed by atoms with E-state index in [1.54, 1.807) is 0 Å². The monoisotopic (exact) mass is 1080 g/mol. The molecule has 0 aliphatic rings. The van der Waals surface area contributed by atoms with Gasteiger partial charge in [-0.2, -0.15) is 0 Å². The minimum Gasteiger partial charge on any atom is -0.695 e. The number of hydrogen-bond donors (Lipinski definition) is 0. The zero-order valence-electron chi connectivity index (χ0n) is 21.8. The van der Waals surface area contributed by atoms with Crippen LogP contribution in [0.4, 0.5) is 0 Å². The maximum Gasteiger partial charge on any atom is 1.21 e. The van der Waals surface area contributed by atoms with E-state index in [9.17, 15) is 0 Å². The predicted molar refractivity (Wildman–Crippen MR) is 214 cm³/mol. The molecule has 4 nitrogen and oxygen atoms in total. The van der Waals surface area contributed by atoms with Crippen molar-refractivity contribution in [3.63, 3.8) is 0 Å². The van der Waals surface area contributed by atoms with Crippen LogP contribution in [0.2, 0.25) is 100 Å². The lowest BCUT2D eigenvalue weighted by Crippen LogP contribution is -2.61. The van der Waals surface area contributed by atoms with E-state index in [2.05, 4.69) is 0 Å². The second kappa shape index (κ2) is 17.3. The molecule has 25 heteroatoms. The molecule has 4 aromatic rings. The first kappa shape index (κ1) is 44.1. The maximum absolute atomic E-state index is 6.53. The van der Waals surface area contributed by atoms with Crippen molar-refractivity contribution in [3.8, 4) is 23.0 Å². The molecule has 0 spiro atoms. The summed E-state index contributed by atoms with van der Waals surface area (Å²) in [7, 11) is 0. The van der Waals surface area contributed by atoms with Gasteiger partial charge < -0.3 is 15.2 Å². The zero-order chi connectivity index (χ0) is 37.2. The first-order valence-electron chi connectivity index (χ1n) is 11.5. The summed E-state index contributed by atoms with van der Waals surface area (Å²) in [6, 6.07) is 0. The minimum atomic E-state index is -6.02. The molecule has 0 aliphatic heterocycles. The number of benzene rings is 4. The summed E-state index contributed by atoms with van der Waals surface area (Å²) in [5.74, 6) is -2.32. The molecule has 0 aliphatic carbocycles. The van der Waals surface area contributed by atoms with Crippen LogP contribution in [0.3, 0.4) is 0 Å². The second-order valence-corrected chi connectivity index (χ2v) is 18.3. The highest BCUT2D eigenvalue weighted by molar-refractivity contribution is 6.64. The topological polar surface area (TPSA) is 36.9 Å². The average molecular weight is 1090 g/mol. The van der Waals surface area contributed by atoms with Gasteiger partial charge in [0.25, 0.3) is 0 Å². The van der Waals surface area contributed by atoms with Gasteiger partial charge in [-0.1, -0.05) is 232 Å². The summed E-state index contributed by atoms with van der Waals surface area (Å²) in [4.78, 5) is 0. The van der Waals surface area contributed by atoms with Gasteiger partial charge in [0.05, 0.1) is 123 Å². The number of rotatable bonds is 8. The minimum absolute atomic E-state index is 0.268. The molecular weight excluding hydrogens is 1090 g/mol. The molecule has 0 aromatic heterocycles. The lowest BCUT2D eigenvalue weighted by atomic mass is 10.3. The summed E-state index contributed by atoms with van der Waals surface area (Å²) in [6.45, 7) is 0. The van der Waals surface area contributed by atoms with E-state index in [-0.39, 0.29) is 60.3 Å². The smallest absolute Gasteiger partial charge is 0.695 e. The van der Waals surface area contributed by atoms with E-state index in [0.29, 0.717) is 0 Å². The Morgan fingerprint density at radius 3 is 0.408 bits per heavy atom. The Hall–Kier alpha value is 2.41. The van der Waals surface area contributed by atoms with Crippen LogP contribution in [0.25, 0.3) is 0 Å². The van der Waals surface area contributed by atoms with Crippen LogP contribution < -0.4 is 15.2 Å². The SMILES string of the molecule is Clc1c(Cl)c(Cl)c([O][Al-]([O]c2c(Cl)c(Cl)c(Cl)c(Cl)c2Cl)([O]c2c(Cl)c(Cl)c(Cl)c(Cl)c2Cl)[O]c2c(Cl)c(Cl)c(Cl)c(Cl)c2Cl)c(Cl)c1Cl. The molecular formula is C24AlCl20O4-. The third-order valence-corrected chi connectivity index (χ3v) is 16.8. The van der Waals surface area contributed by atoms with Crippen LogP contribution in [0, 0.1) is 0 Å². The molecule has 0 fully saturated rings. The van der Waals surface area contributed by atoms with Crippen molar-refractivity contribution in [1.82, 2.24) is 0 Å². The van der Waals surface area contributed by atoms with Crippen LogP contribution in [0.5, 0.6) is 23.0 Å². The van der Waals surface area contributed by atoms with Crippen LogP contribution >= 0.6 is 232 Å². The highest BCUT2D eigenvalue weighted by atomic mass is 35.5. The molecule has 0 heterocycles. The van der Waals surface area contributed by atoms with Crippen LogP contribution in [-0.4, -0.2) is 14.4 Å². The van der Waals surface area contributed by atoms with Gasteiger partial charge >= 0.3 is 14.4 Å². The van der Waals surface area contributed by atoms with Gasteiger partial charge in [-0.3, -0.25) is 0 Å². The maximum atomic E-state index is 6.53. The summed E-state index contributed by atoms with van der Waals surface area (Å²) < 4.78 is 25.0. The Bertz CT molecular complexity index is 1650. The molecule has 0 unspecified atom stereocenters. The predicted octanol–water partition coefficient (Wildman–Crippen LogP) is 18.8. The molecule has 0 N–H and O–H groups in total. The highest BCUT2D eigenvalue weighted by Crippen LogP contribution is 2.55. The van der Waals surface area contributed by atoms with Gasteiger partial charge in [0.15, 0.2) is 0 Å². The Morgan fingerprint density at radius 1 is 0.184 bits per heavy atom. The second-order valence-electron chi connectivity index (χ2n) is 8.64. The van der Waals surface area contributed by atoms with Gasteiger partial charge in [0, 0.05) is 0 Å². The zero-order valence-corrected chi connectivity index (χ0v) is 38.0. The van der Waals surface area contributed by atoms with Crippen molar-refractivity contribution < 1.29 is 15.2 Å². The van der Waals surface area contributed by atoms with Crippen molar-refractivity contribution in [3.05, 3.63) is 100 Å². The Morgan fingerprint density at radius 2 is 0.286 bits per heavy atom. The third-order valence-electron chi connectivity index (χ3n) is 5.73. The van der Waals surface area contributed by atoms with Gasteiger partial charge in [-0.25, -0.2) is 0 Å². The van der Waals surface area contributed by atoms with E-state index in [0.717, 1.165) is 0 Å². The third kappa shape index (κ3) is 8.43. The first-order valence-corrected chi connectivity index (χ1v) is 21.0. The van der Waals surface area contributed by atoms with Crippen LogP contribution in [0.15, 0.2) is 0 Å². The fourth-order valence-electron chi connectivity index (χ4n) is 3.47. The lowest BCUT2D eigenvalue weighted by Gasteiger charge is -2.40. The quantitative estimate of drug-likeness (QED) is 0.100. The lowest BCUT2D eigenvalue weighted by molar-refractivity contribution is 0.161. The van der Waals surface area contributed by atoms with Crippen LogP contribution in [0.1, 0.15) is 0 Å². The molecule has 49 heavy (non-hydrogen) atoms. The molecule has 0 saturated heterocycles. The van der Waals surface area contributed by atoms with Crippen molar-refractivity contribution in [2.45, 2.75) is 0 Å². The standard InChI is InChI=1S/4C6HCl5O.Al/c4*7-1-2(8)4(10)6(12)5(11)3(1)9;/h4*12H;/q;;;;+3/p-4. The van der Waals surface area contributed by atoms with E-state index in [4.69, 9.17) is 247 Å². The molecule has 0 saturated carbocycles. The highest BCUT2D eigenvalue weighted by Gasteiger charge is 2.66. The van der Waals surface area contributed by atoms with Crippen LogP contribution in [-0.2, 0) is 0 Å². The first-order chi connectivity index (χ1) is 22.6. The molecule has 264 valence electrons. The molecule has 0 amide bonds. The molecule has 0 radical (unpaired) electrons. The molecule has 0 bridgehead atoms. The van der Waals surface area contributed by atoms with Gasteiger partial charge in [0.1, 0.15) is 0 Å². The Kier molecular flexibility index (Phi) is 15.6. The summed E-state index contributed by atoms with van der Waals surface area (Å²) in [5, 5.41) is -7.55. The van der Waals surface area contributed by atoms with Crippen molar-refractivity contribution in [1.29, 1.82) is 0 Å². The Labute approximate surface area is 380 Å². The van der Waals surface area contributed by atoms with E-state index in [1.807, 2.05) is 0 Å². The van der Waals surface area contributed by atoms with E-state index in [1.165, 1.54) is 0 Å². The average Bonchev–Trinajstić information content (AvgIpc) is 3.08. The summed E-state index contributed by atoms with van der Waals surface area (Å²) >= 11 is 122. The largest absolute Gasteiger partial charge is 1.21 e. The van der Waals surface area contributed by atoms with Gasteiger partial charge in [-0.15, -0.1) is 0 Å². The molecule has 4 rings (SSSR count). The fraction of sp³-hybridized carbons (Fsp3) is 0. The molecule has 0 atom stereocenters. The van der Waals surface area contributed by atoms with Gasteiger partial charge in [-0.05, 0) is 0 Å². The normalized spacial score (nSPS) is 11.7. The van der Waals surface area contributed by atoms with E-state index >= 15 is 0 Å². The van der Waals surface area contributed by atoms with E-state index < -0.39 is 77.6 Å². The van der Waals surface area contributed by atoms with Crippen molar-refractivity contribution in [2.75, 3.05) is 0 Å². The number of halogens is 20. The van der Waals surface area contributed by atoms with Crippen molar-refractivity contribution >= 4 is 246 Å². The fourth-order valence-corrected chi connectivity index (χ4v) is 11.3. The summed E-state index contributed by atoms with van der Waals surface area (Å²) in [5.41, 5.74) is 0.